The molecular formula is C14H14FNO2S. The van der Waals surface area contributed by atoms with Crippen LogP contribution in [0.3, 0.4) is 0 Å². The normalized spacial score (nSPS) is 10.5. The molecule has 0 amide bonds. The molecule has 0 aliphatic carbocycles. The monoisotopic (exact) mass is 279 g/mol. The van der Waals surface area contributed by atoms with Crippen LogP contribution in [-0.4, -0.2) is 17.4 Å². The molecule has 0 saturated carbocycles. The second-order valence-electron chi connectivity index (χ2n) is 4.16. The molecule has 0 fully saturated rings. The maximum Gasteiger partial charge on any atom is 0.162 e. The number of halogens is 1. The first-order valence-electron chi connectivity index (χ1n) is 5.90. The van der Waals surface area contributed by atoms with Gasteiger partial charge in [0.15, 0.2) is 5.78 Å². The van der Waals surface area contributed by atoms with E-state index in [4.69, 9.17) is 4.74 Å². The van der Waals surface area contributed by atoms with Gasteiger partial charge in [-0.05, 0) is 26.0 Å². The van der Waals surface area contributed by atoms with Gasteiger partial charge in [-0.15, -0.1) is 11.3 Å². The van der Waals surface area contributed by atoms with Crippen LogP contribution < -0.4 is 4.74 Å². The second-order valence-corrected chi connectivity index (χ2v) is 5.10. The highest BCUT2D eigenvalue weighted by Crippen LogP contribution is 2.18. The summed E-state index contributed by atoms with van der Waals surface area (Å²) in [5.41, 5.74) is 2.89. The van der Waals surface area contributed by atoms with Gasteiger partial charge in [0.25, 0.3) is 0 Å². The predicted octanol–water partition coefficient (Wildman–Crippen LogP) is 3.41. The molecule has 3 nitrogen and oxygen atoms in total. The van der Waals surface area contributed by atoms with E-state index in [2.05, 4.69) is 4.98 Å². The van der Waals surface area contributed by atoms with E-state index in [1.165, 1.54) is 23.9 Å². The van der Waals surface area contributed by atoms with Crippen molar-refractivity contribution >= 4 is 17.1 Å². The summed E-state index contributed by atoms with van der Waals surface area (Å²) in [5, 5.41) is 0. The standard InChI is InChI=1S/C14H14FNO2S/c1-9-14(19-8-16-9)5-6-18-11-3-4-12(10(2)17)13(15)7-11/h3-4,7-8H,5-6H2,1-2H3. The van der Waals surface area contributed by atoms with Gasteiger partial charge in [-0.2, -0.15) is 0 Å². The molecule has 0 aliphatic heterocycles. The lowest BCUT2D eigenvalue weighted by atomic mass is 10.1. The molecule has 0 saturated heterocycles. The van der Waals surface area contributed by atoms with Gasteiger partial charge in [-0.25, -0.2) is 9.37 Å². The average molecular weight is 279 g/mol. The Balaban J connectivity index is 1.95. The highest BCUT2D eigenvalue weighted by Gasteiger charge is 2.08. The molecule has 5 heteroatoms. The van der Waals surface area contributed by atoms with Gasteiger partial charge in [-0.1, -0.05) is 0 Å². The molecular weight excluding hydrogens is 265 g/mol. The smallest absolute Gasteiger partial charge is 0.162 e. The van der Waals surface area contributed by atoms with E-state index in [-0.39, 0.29) is 11.3 Å². The molecule has 0 atom stereocenters. The quantitative estimate of drug-likeness (QED) is 0.787. The number of rotatable bonds is 5. The van der Waals surface area contributed by atoms with E-state index in [1.807, 2.05) is 6.92 Å². The molecule has 0 spiro atoms. The lowest BCUT2D eigenvalue weighted by Crippen LogP contribution is -2.03. The van der Waals surface area contributed by atoms with Gasteiger partial charge in [0.05, 0.1) is 23.4 Å². The summed E-state index contributed by atoms with van der Waals surface area (Å²) in [7, 11) is 0. The number of benzene rings is 1. The Bertz CT molecular complexity index is 595. The SMILES string of the molecule is CC(=O)c1ccc(OCCc2scnc2C)cc1F. The van der Waals surface area contributed by atoms with Crippen molar-refractivity contribution < 1.29 is 13.9 Å². The topological polar surface area (TPSA) is 39.2 Å². The average Bonchev–Trinajstić information content (AvgIpc) is 2.75. The molecule has 1 aromatic heterocycles. The molecule has 0 aliphatic rings. The van der Waals surface area contributed by atoms with E-state index < -0.39 is 5.82 Å². The molecule has 0 bridgehead atoms. The molecule has 19 heavy (non-hydrogen) atoms. The van der Waals surface area contributed by atoms with Crippen LogP contribution in [0.15, 0.2) is 23.7 Å². The van der Waals surface area contributed by atoms with Crippen LogP contribution in [0.1, 0.15) is 27.9 Å². The number of thiazole rings is 1. The Hall–Kier alpha value is -1.75. The van der Waals surface area contributed by atoms with Crippen LogP contribution in [0.25, 0.3) is 0 Å². The minimum absolute atomic E-state index is 0.0886. The van der Waals surface area contributed by atoms with Gasteiger partial charge in [0.1, 0.15) is 11.6 Å². The molecule has 2 rings (SSSR count). The third kappa shape index (κ3) is 3.38. The number of aromatic nitrogens is 1. The molecule has 0 radical (unpaired) electrons. The van der Waals surface area contributed by atoms with Gasteiger partial charge in [-0.3, -0.25) is 4.79 Å². The summed E-state index contributed by atoms with van der Waals surface area (Å²) in [5.74, 6) is -0.395. The number of hydrogen-bond acceptors (Lipinski definition) is 4. The Morgan fingerprint density at radius 1 is 1.47 bits per heavy atom. The van der Waals surface area contributed by atoms with Crippen LogP contribution in [0.2, 0.25) is 0 Å². The van der Waals surface area contributed by atoms with Crippen LogP contribution in [-0.2, 0) is 6.42 Å². The maximum atomic E-state index is 13.6. The summed E-state index contributed by atoms with van der Waals surface area (Å²) >= 11 is 1.58. The number of nitrogens with zero attached hydrogens (tertiary/aromatic N) is 1. The van der Waals surface area contributed by atoms with Crippen LogP contribution in [0.4, 0.5) is 4.39 Å². The first-order valence-corrected chi connectivity index (χ1v) is 6.78. The van der Waals surface area contributed by atoms with Crippen LogP contribution in [0.5, 0.6) is 5.75 Å². The summed E-state index contributed by atoms with van der Waals surface area (Å²) in [6.45, 7) is 3.75. The van der Waals surface area contributed by atoms with E-state index in [1.54, 1.807) is 22.9 Å². The summed E-state index contributed by atoms with van der Waals surface area (Å²) < 4.78 is 19.0. The lowest BCUT2D eigenvalue weighted by molar-refractivity contribution is 0.101. The number of aryl methyl sites for hydroxylation is 1. The molecule has 1 aromatic carbocycles. The summed E-state index contributed by atoms with van der Waals surface area (Å²) in [4.78, 5) is 16.4. The van der Waals surface area contributed by atoms with Gasteiger partial charge in [0, 0.05) is 17.4 Å². The Kier molecular flexibility index (Phi) is 4.27. The van der Waals surface area contributed by atoms with Crippen molar-refractivity contribution in [1.29, 1.82) is 0 Å². The van der Waals surface area contributed by atoms with Crippen molar-refractivity contribution in [2.75, 3.05) is 6.61 Å². The molecule has 2 aromatic rings. The van der Waals surface area contributed by atoms with E-state index >= 15 is 0 Å². The number of ether oxygens (including phenoxy) is 1. The van der Waals surface area contributed by atoms with Crippen molar-refractivity contribution in [2.24, 2.45) is 0 Å². The third-order valence-corrected chi connectivity index (χ3v) is 3.76. The summed E-state index contributed by atoms with van der Waals surface area (Å²) in [6, 6.07) is 4.31. The molecule has 0 N–H and O–H groups in total. The molecule has 1 heterocycles. The zero-order valence-corrected chi connectivity index (χ0v) is 11.6. The Morgan fingerprint density at radius 3 is 2.84 bits per heavy atom. The first kappa shape index (κ1) is 13.7. The number of ketones is 1. The first-order chi connectivity index (χ1) is 9.08. The van der Waals surface area contributed by atoms with Gasteiger partial charge < -0.3 is 4.74 Å². The van der Waals surface area contributed by atoms with E-state index in [0.717, 1.165) is 12.1 Å². The maximum absolute atomic E-state index is 13.6. The van der Waals surface area contributed by atoms with Crippen LogP contribution in [0, 0.1) is 12.7 Å². The Morgan fingerprint density at radius 2 is 2.26 bits per heavy atom. The van der Waals surface area contributed by atoms with Crippen molar-refractivity contribution in [1.82, 2.24) is 4.98 Å². The lowest BCUT2D eigenvalue weighted by Gasteiger charge is -2.07. The van der Waals surface area contributed by atoms with Gasteiger partial charge in [0.2, 0.25) is 0 Å². The van der Waals surface area contributed by atoms with Crippen molar-refractivity contribution in [2.45, 2.75) is 20.3 Å². The zero-order chi connectivity index (χ0) is 13.8. The Labute approximate surface area is 115 Å². The van der Waals surface area contributed by atoms with Crippen molar-refractivity contribution in [3.63, 3.8) is 0 Å². The third-order valence-electron chi connectivity index (χ3n) is 2.76. The van der Waals surface area contributed by atoms with Crippen molar-refractivity contribution in [3.8, 4) is 5.75 Å². The fourth-order valence-electron chi connectivity index (χ4n) is 1.70. The number of Topliss-reactive ketones (excluding diaryl/α,β-unsaturated/α-hetero) is 1. The van der Waals surface area contributed by atoms with Gasteiger partial charge >= 0.3 is 0 Å². The minimum atomic E-state index is -0.543. The predicted molar refractivity (Wildman–Crippen MR) is 72.5 cm³/mol. The fraction of sp³-hybridized carbons (Fsp3) is 0.286. The minimum Gasteiger partial charge on any atom is -0.493 e. The van der Waals surface area contributed by atoms with Crippen LogP contribution >= 0.6 is 11.3 Å². The largest absolute Gasteiger partial charge is 0.493 e. The second kappa shape index (κ2) is 5.93. The highest BCUT2D eigenvalue weighted by molar-refractivity contribution is 7.09. The number of hydrogen-bond donors (Lipinski definition) is 0. The van der Waals surface area contributed by atoms with E-state index in [0.29, 0.717) is 12.4 Å². The number of carbonyl (C=O) groups is 1. The summed E-state index contributed by atoms with van der Waals surface area (Å²) in [6.07, 6.45) is 0.743. The van der Waals surface area contributed by atoms with E-state index in [9.17, 15) is 9.18 Å². The number of carbonyl (C=O) groups excluding carboxylic acids is 1. The molecule has 100 valence electrons. The van der Waals surface area contributed by atoms with Crippen molar-refractivity contribution in [3.05, 3.63) is 45.7 Å². The molecule has 0 unspecified atom stereocenters. The fourth-order valence-corrected chi connectivity index (χ4v) is 2.46. The highest BCUT2D eigenvalue weighted by atomic mass is 32.1. The zero-order valence-electron chi connectivity index (χ0n) is 10.8.